The van der Waals surface area contributed by atoms with Crippen molar-refractivity contribution in [2.24, 2.45) is 7.05 Å². The molecular weight excluding hydrogens is 415 g/mol. The molecule has 3 heterocycles. The average Bonchev–Trinajstić information content (AvgIpc) is 3.34. The van der Waals surface area contributed by atoms with Gasteiger partial charge in [-0.2, -0.15) is 0 Å². The van der Waals surface area contributed by atoms with E-state index in [0.29, 0.717) is 29.2 Å². The topological polar surface area (TPSA) is 85.2 Å². The molecule has 0 aliphatic carbocycles. The first-order chi connectivity index (χ1) is 14.1. The molecule has 1 saturated heterocycles. The zero-order chi connectivity index (χ0) is 20.2. The molecule has 0 radical (unpaired) electrons. The highest BCUT2D eigenvalue weighted by Gasteiger charge is 2.19. The number of morpholine rings is 1. The van der Waals surface area contributed by atoms with Crippen molar-refractivity contribution in [2.45, 2.75) is 5.16 Å². The quantitative estimate of drug-likeness (QED) is 0.597. The Morgan fingerprint density at radius 2 is 2.03 bits per heavy atom. The number of amides is 1. The molecule has 8 nitrogen and oxygen atoms in total. The van der Waals surface area contributed by atoms with Gasteiger partial charge in [0.2, 0.25) is 11.9 Å². The lowest BCUT2D eigenvalue weighted by Gasteiger charge is -2.27. The van der Waals surface area contributed by atoms with E-state index in [0.717, 1.165) is 24.6 Å². The summed E-state index contributed by atoms with van der Waals surface area (Å²) < 4.78 is 20.3. The summed E-state index contributed by atoms with van der Waals surface area (Å²) in [4.78, 5) is 18.8. The van der Waals surface area contributed by atoms with Crippen LogP contribution in [0.2, 0.25) is 0 Å². The maximum absolute atomic E-state index is 13.0. The number of thioether (sulfide) groups is 1. The predicted molar refractivity (Wildman–Crippen MR) is 111 cm³/mol. The summed E-state index contributed by atoms with van der Waals surface area (Å²) in [5, 5.41) is 14.2. The first kappa shape index (κ1) is 19.8. The molecule has 1 fully saturated rings. The molecule has 29 heavy (non-hydrogen) atoms. The number of nitrogens with one attached hydrogen (secondary N) is 1. The summed E-state index contributed by atoms with van der Waals surface area (Å²) in [5.74, 6) is 0.502. The van der Waals surface area contributed by atoms with Crippen LogP contribution < -0.4 is 10.2 Å². The van der Waals surface area contributed by atoms with Gasteiger partial charge in [0.25, 0.3) is 0 Å². The molecule has 1 N–H and O–H groups in total. The highest BCUT2D eigenvalue weighted by Crippen LogP contribution is 2.26. The van der Waals surface area contributed by atoms with Gasteiger partial charge in [0.15, 0.2) is 10.3 Å². The molecule has 11 heteroatoms. The number of hydrogen-bond acceptors (Lipinski definition) is 8. The molecule has 2 aromatic heterocycles. The average molecular weight is 435 g/mol. The van der Waals surface area contributed by atoms with Gasteiger partial charge in [-0.25, -0.2) is 9.37 Å². The number of carbonyl (C=O) groups excluding carboxylic acids is 1. The van der Waals surface area contributed by atoms with Crippen molar-refractivity contribution >= 4 is 40.1 Å². The van der Waals surface area contributed by atoms with Crippen LogP contribution in [-0.2, 0) is 16.6 Å². The number of aromatic nitrogens is 4. The van der Waals surface area contributed by atoms with Gasteiger partial charge in [0.05, 0.1) is 24.7 Å². The third-order valence-corrected chi connectivity index (χ3v) is 6.11. The van der Waals surface area contributed by atoms with Gasteiger partial charge in [0, 0.05) is 31.1 Å². The summed E-state index contributed by atoms with van der Waals surface area (Å²) in [7, 11) is 1.89. The van der Waals surface area contributed by atoms with Crippen molar-refractivity contribution in [2.75, 3.05) is 42.3 Å². The maximum Gasteiger partial charge on any atom is 0.236 e. The van der Waals surface area contributed by atoms with E-state index in [1.165, 1.54) is 35.2 Å². The van der Waals surface area contributed by atoms with Crippen molar-refractivity contribution in [3.63, 3.8) is 0 Å². The predicted octanol–water partition coefficient (Wildman–Crippen LogP) is 2.65. The normalized spacial score (nSPS) is 14.2. The van der Waals surface area contributed by atoms with Gasteiger partial charge < -0.3 is 15.0 Å². The van der Waals surface area contributed by atoms with Gasteiger partial charge >= 0.3 is 0 Å². The summed E-state index contributed by atoms with van der Waals surface area (Å²) >= 11 is 2.65. The Balaban J connectivity index is 1.33. The lowest BCUT2D eigenvalue weighted by atomic mass is 10.2. The molecular formula is C18H19FN6O2S2. The van der Waals surface area contributed by atoms with Crippen LogP contribution in [0, 0.1) is 5.82 Å². The number of rotatable bonds is 6. The molecule has 0 unspecified atom stereocenters. The Morgan fingerprint density at radius 3 is 2.79 bits per heavy atom. The highest BCUT2D eigenvalue weighted by molar-refractivity contribution is 7.99. The minimum absolute atomic E-state index is 0.175. The Hall–Kier alpha value is -2.50. The Bertz CT molecular complexity index is 985. The standard InChI is InChI=1S/C18H19FN6O2S2/c1-24-17(25-6-8-27-9-7-25)22-23-18(24)29-11-15(26)21-16-20-14(10-28-16)12-2-4-13(19)5-3-12/h2-5,10H,6-9,11H2,1H3,(H,20,21,26). The number of carbonyl (C=O) groups is 1. The number of benzene rings is 1. The number of ether oxygens (including phenoxy) is 1. The zero-order valence-corrected chi connectivity index (χ0v) is 17.3. The first-order valence-electron chi connectivity index (χ1n) is 8.96. The van der Waals surface area contributed by atoms with Crippen molar-refractivity contribution < 1.29 is 13.9 Å². The van der Waals surface area contributed by atoms with E-state index in [2.05, 4.69) is 25.4 Å². The van der Waals surface area contributed by atoms with Gasteiger partial charge in [-0.3, -0.25) is 9.36 Å². The second-order valence-corrected chi connectivity index (χ2v) is 8.12. The number of nitrogens with zero attached hydrogens (tertiary/aromatic N) is 5. The molecule has 0 bridgehead atoms. The number of halogens is 1. The number of hydrogen-bond donors (Lipinski definition) is 1. The van der Waals surface area contributed by atoms with Crippen LogP contribution in [0.15, 0.2) is 34.8 Å². The monoisotopic (exact) mass is 434 g/mol. The van der Waals surface area contributed by atoms with Crippen LogP contribution in [0.25, 0.3) is 11.3 Å². The van der Waals surface area contributed by atoms with E-state index in [4.69, 9.17) is 4.74 Å². The fourth-order valence-electron chi connectivity index (χ4n) is 2.84. The lowest BCUT2D eigenvalue weighted by Crippen LogP contribution is -2.37. The fraction of sp³-hybridized carbons (Fsp3) is 0.333. The molecule has 1 aliphatic rings. The largest absolute Gasteiger partial charge is 0.378 e. The van der Waals surface area contributed by atoms with Gasteiger partial charge in [-0.05, 0) is 24.3 Å². The molecule has 0 saturated carbocycles. The molecule has 0 atom stereocenters. The van der Waals surface area contributed by atoms with Gasteiger partial charge in [-0.15, -0.1) is 21.5 Å². The molecule has 1 aromatic carbocycles. The number of anilines is 2. The van der Waals surface area contributed by atoms with Gasteiger partial charge in [0.1, 0.15) is 5.82 Å². The van der Waals surface area contributed by atoms with E-state index in [9.17, 15) is 9.18 Å². The molecule has 1 amide bonds. The van der Waals surface area contributed by atoms with Crippen LogP contribution in [0.1, 0.15) is 0 Å². The zero-order valence-electron chi connectivity index (χ0n) is 15.7. The van der Waals surface area contributed by atoms with Crippen LogP contribution >= 0.6 is 23.1 Å². The lowest BCUT2D eigenvalue weighted by molar-refractivity contribution is -0.113. The van der Waals surface area contributed by atoms with E-state index in [1.54, 1.807) is 12.1 Å². The van der Waals surface area contributed by atoms with Gasteiger partial charge in [-0.1, -0.05) is 11.8 Å². The minimum atomic E-state index is -0.296. The van der Waals surface area contributed by atoms with E-state index in [1.807, 2.05) is 17.0 Å². The first-order valence-corrected chi connectivity index (χ1v) is 10.8. The van der Waals surface area contributed by atoms with Crippen LogP contribution in [-0.4, -0.2) is 57.7 Å². The van der Waals surface area contributed by atoms with Crippen molar-refractivity contribution in [1.29, 1.82) is 0 Å². The highest BCUT2D eigenvalue weighted by atomic mass is 32.2. The maximum atomic E-state index is 13.0. The molecule has 1 aliphatic heterocycles. The SMILES string of the molecule is Cn1c(SCC(=O)Nc2nc(-c3ccc(F)cc3)cs2)nnc1N1CCOCC1. The van der Waals surface area contributed by atoms with Crippen molar-refractivity contribution in [3.05, 3.63) is 35.5 Å². The second-order valence-electron chi connectivity index (χ2n) is 6.32. The van der Waals surface area contributed by atoms with Crippen LogP contribution in [0.4, 0.5) is 15.5 Å². The Morgan fingerprint density at radius 1 is 1.28 bits per heavy atom. The Kier molecular flexibility index (Phi) is 6.07. The molecule has 4 rings (SSSR count). The fourth-order valence-corrected chi connectivity index (χ4v) is 4.28. The summed E-state index contributed by atoms with van der Waals surface area (Å²) in [6.07, 6.45) is 0. The molecule has 0 spiro atoms. The van der Waals surface area contributed by atoms with Crippen molar-refractivity contribution in [1.82, 2.24) is 19.7 Å². The third-order valence-electron chi connectivity index (χ3n) is 4.33. The van der Waals surface area contributed by atoms with E-state index < -0.39 is 0 Å². The Labute approximate surface area is 175 Å². The summed E-state index contributed by atoms with van der Waals surface area (Å²) in [6, 6.07) is 6.09. The minimum Gasteiger partial charge on any atom is -0.378 e. The van der Waals surface area contributed by atoms with E-state index in [-0.39, 0.29) is 17.5 Å². The second kappa shape index (κ2) is 8.89. The number of thiazole rings is 1. The van der Waals surface area contributed by atoms with Crippen LogP contribution in [0.3, 0.4) is 0 Å². The summed E-state index contributed by atoms with van der Waals surface area (Å²) in [6.45, 7) is 2.89. The van der Waals surface area contributed by atoms with E-state index >= 15 is 0 Å². The molecule has 152 valence electrons. The van der Waals surface area contributed by atoms with Crippen LogP contribution in [0.5, 0.6) is 0 Å². The molecule has 3 aromatic rings. The third kappa shape index (κ3) is 4.74. The smallest absolute Gasteiger partial charge is 0.236 e. The van der Waals surface area contributed by atoms with Crippen molar-refractivity contribution in [3.8, 4) is 11.3 Å². The summed E-state index contributed by atoms with van der Waals surface area (Å²) in [5.41, 5.74) is 1.49.